The van der Waals surface area contributed by atoms with Gasteiger partial charge in [0.05, 0.1) is 13.7 Å². The molecule has 0 saturated carbocycles. The molecule has 1 unspecified atom stereocenters. The minimum Gasteiger partial charge on any atom is -0.497 e. The summed E-state index contributed by atoms with van der Waals surface area (Å²) in [6.45, 7) is 6.93. The van der Waals surface area contributed by atoms with Crippen LogP contribution in [0.1, 0.15) is 13.3 Å². The number of piperazine rings is 1. The zero-order valence-corrected chi connectivity index (χ0v) is 20.5. The van der Waals surface area contributed by atoms with Crippen molar-refractivity contribution in [2.75, 3.05) is 70.9 Å². The van der Waals surface area contributed by atoms with Crippen molar-refractivity contribution < 1.29 is 17.9 Å². The zero-order chi connectivity index (χ0) is 21.6. The molecule has 1 N–H and O–H groups in total. The van der Waals surface area contributed by atoms with Crippen LogP contribution in [0.2, 0.25) is 0 Å². The highest BCUT2D eigenvalue weighted by Crippen LogP contribution is 2.24. The SMILES string of the molecule is CCNC(=NCC1CCN(CC(F)(F)F)C1)N1CCN(c2cccc(OC)c2)CC1.I. The summed E-state index contributed by atoms with van der Waals surface area (Å²) < 4.78 is 43.1. The Balaban J connectivity index is 0.00000341. The molecule has 1 aromatic carbocycles. The van der Waals surface area contributed by atoms with Crippen molar-refractivity contribution in [2.24, 2.45) is 10.9 Å². The van der Waals surface area contributed by atoms with E-state index in [1.165, 1.54) is 4.90 Å². The number of likely N-dealkylation sites (tertiary alicyclic amines) is 1. The van der Waals surface area contributed by atoms with Gasteiger partial charge in [-0.05, 0) is 37.9 Å². The summed E-state index contributed by atoms with van der Waals surface area (Å²) >= 11 is 0. The van der Waals surface area contributed by atoms with Crippen molar-refractivity contribution in [3.8, 4) is 5.75 Å². The van der Waals surface area contributed by atoms with E-state index in [2.05, 4.69) is 21.2 Å². The van der Waals surface area contributed by atoms with Gasteiger partial charge >= 0.3 is 6.18 Å². The molecule has 6 nitrogen and oxygen atoms in total. The average Bonchev–Trinajstić information content (AvgIpc) is 3.16. The highest BCUT2D eigenvalue weighted by atomic mass is 127. The fourth-order valence-electron chi connectivity index (χ4n) is 4.08. The summed E-state index contributed by atoms with van der Waals surface area (Å²) in [6, 6.07) is 8.07. The Morgan fingerprint density at radius 2 is 1.94 bits per heavy atom. The maximum Gasteiger partial charge on any atom is 0.401 e. The first-order chi connectivity index (χ1) is 14.4. The Kier molecular flexibility index (Phi) is 9.98. The molecular weight excluding hydrogens is 522 g/mol. The summed E-state index contributed by atoms with van der Waals surface area (Å²) in [5, 5.41) is 3.34. The number of anilines is 1. The number of nitrogens with zero attached hydrogens (tertiary/aromatic N) is 4. The Labute approximate surface area is 199 Å². The van der Waals surface area contributed by atoms with E-state index in [-0.39, 0.29) is 29.9 Å². The number of guanidine groups is 1. The quantitative estimate of drug-likeness (QED) is 0.332. The molecule has 2 fully saturated rings. The van der Waals surface area contributed by atoms with Crippen molar-refractivity contribution in [3.05, 3.63) is 24.3 Å². The standard InChI is InChI=1S/C21H32F3N5O.HI/c1-3-25-20(26-14-17-7-8-27(15-17)16-21(22,23)24)29-11-9-28(10-12-29)18-5-4-6-19(13-18)30-2;/h4-6,13,17H,3,7-12,14-16H2,1-2H3,(H,25,26);1H. The normalized spacial score (nSPS) is 20.5. The van der Waals surface area contributed by atoms with Gasteiger partial charge in [-0.3, -0.25) is 9.89 Å². The molecule has 1 aromatic rings. The molecule has 3 rings (SSSR count). The lowest BCUT2D eigenvalue weighted by molar-refractivity contribution is -0.143. The van der Waals surface area contributed by atoms with Gasteiger partial charge in [0.15, 0.2) is 5.96 Å². The number of ether oxygens (including phenoxy) is 1. The molecule has 10 heteroatoms. The summed E-state index contributed by atoms with van der Waals surface area (Å²) in [5.74, 6) is 1.89. The smallest absolute Gasteiger partial charge is 0.401 e. The van der Waals surface area contributed by atoms with Crippen LogP contribution in [0.4, 0.5) is 18.9 Å². The van der Waals surface area contributed by atoms with Crippen molar-refractivity contribution in [1.82, 2.24) is 15.1 Å². The van der Waals surface area contributed by atoms with E-state index in [4.69, 9.17) is 9.73 Å². The number of aliphatic imine (C=N–C) groups is 1. The summed E-state index contributed by atoms with van der Waals surface area (Å²) in [5.41, 5.74) is 1.15. The number of halogens is 4. The van der Waals surface area contributed by atoms with Gasteiger partial charge in [0.2, 0.25) is 0 Å². The van der Waals surface area contributed by atoms with Crippen LogP contribution < -0.4 is 15.0 Å². The fourth-order valence-corrected chi connectivity index (χ4v) is 4.08. The second-order valence-corrected chi connectivity index (χ2v) is 7.88. The van der Waals surface area contributed by atoms with Crippen molar-refractivity contribution in [1.29, 1.82) is 0 Å². The number of alkyl halides is 3. The molecule has 0 spiro atoms. The number of methoxy groups -OCH3 is 1. The van der Waals surface area contributed by atoms with Gasteiger partial charge in [0.1, 0.15) is 5.75 Å². The van der Waals surface area contributed by atoms with Crippen LogP contribution in [-0.4, -0.2) is 87.9 Å². The third kappa shape index (κ3) is 7.89. The highest BCUT2D eigenvalue weighted by molar-refractivity contribution is 14.0. The molecule has 2 aliphatic rings. The first kappa shape index (κ1) is 25.8. The van der Waals surface area contributed by atoms with E-state index in [0.717, 1.165) is 56.5 Å². The number of hydrogen-bond acceptors (Lipinski definition) is 4. The first-order valence-electron chi connectivity index (χ1n) is 10.6. The average molecular weight is 555 g/mol. The molecule has 0 aromatic heterocycles. The molecule has 0 radical (unpaired) electrons. The van der Waals surface area contributed by atoms with Crippen LogP contribution in [0.5, 0.6) is 5.75 Å². The van der Waals surface area contributed by atoms with Crippen molar-refractivity contribution in [2.45, 2.75) is 19.5 Å². The number of hydrogen-bond donors (Lipinski definition) is 1. The molecule has 2 heterocycles. The molecule has 0 amide bonds. The summed E-state index contributed by atoms with van der Waals surface area (Å²) in [6.07, 6.45) is -3.36. The molecule has 176 valence electrons. The fraction of sp³-hybridized carbons (Fsp3) is 0.667. The van der Waals surface area contributed by atoms with Crippen LogP contribution in [0.25, 0.3) is 0 Å². The van der Waals surface area contributed by atoms with Crippen LogP contribution in [0.15, 0.2) is 29.3 Å². The van der Waals surface area contributed by atoms with Gasteiger partial charge in [0, 0.05) is 57.6 Å². The van der Waals surface area contributed by atoms with Gasteiger partial charge in [-0.25, -0.2) is 0 Å². The molecule has 0 aliphatic carbocycles. The zero-order valence-electron chi connectivity index (χ0n) is 18.2. The maximum absolute atomic E-state index is 12.6. The third-order valence-electron chi connectivity index (χ3n) is 5.60. The van der Waals surface area contributed by atoms with Crippen LogP contribution in [0.3, 0.4) is 0 Å². The van der Waals surface area contributed by atoms with Crippen molar-refractivity contribution >= 4 is 35.6 Å². The third-order valence-corrected chi connectivity index (χ3v) is 5.60. The molecule has 31 heavy (non-hydrogen) atoms. The minimum atomic E-state index is -4.13. The first-order valence-corrected chi connectivity index (χ1v) is 10.6. The highest BCUT2D eigenvalue weighted by Gasteiger charge is 2.34. The maximum atomic E-state index is 12.6. The molecule has 0 bridgehead atoms. The van der Waals surface area contributed by atoms with Crippen LogP contribution in [0, 0.1) is 5.92 Å². The Morgan fingerprint density at radius 3 is 2.58 bits per heavy atom. The minimum absolute atomic E-state index is 0. The molecule has 2 saturated heterocycles. The Hall–Kier alpha value is -1.43. The summed E-state index contributed by atoms with van der Waals surface area (Å²) in [4.78, 5) is 10.8. The Bertz CT molecular complexity index is 711. The summed E-state index contributed by atoms with van der Waals surface area (Å²) in [7, 11) is 1.67. The second-order valence-electron chi connectivity index (χ2n) is 7.88. The van der Waals surface area contributed by atoms with E-state index < -0.39 is 12.7 Å². The lowest BCUT2D eigenvalue weighted by atomic mass is 10.1. The van der Waals surface area contributed by atoms with Gasteiger partial charge in [-0.15, -0.1) is 24.0 Å². The van der Waals surface area contributed by atoms with E-state index in [1.54, 1.807) is 7.11 Å². The Morgan fingerprint density at radius 1 is 1.19 bits per heavy atom. The molecule has 2 aliphatic heterocycles. The second kappa shape index (κ2) is 12.0. The molecule has 1 atom stereocenters. The van der Waals surface area contributed by atoms with Crippen LogP contribution >= 0.6 is 24.0 Å². The predicted molar refractivity (Wildman–Crippen MR) is 129 cm³/mol. The van der Waals surface area contributed by atoms with E-state index in [9.17, 15) is 13.2 Å². The van der Waals surface area contributed by atoms with Crippen LogP contribution in [-0.2, 0) is 0 Å². The monoisotopic (exact) mass is 555 g/mol. The van der Waals surface area contributed by atoms with Gasteiger partial charge in [-0.2, -0.15) is 13.2 Å². The molecular formula is C21H33F3IN5O. The van der Waals surface area contributed by atoms with Crippen molar-refractivity contribution in [3.63, 3.8) is 0 Å². The predicted octanol–water partition coefficient (Wildman–Crippen LogP) is 3.28. The number of nitrogens with one attached hydrogen (secondary N) is 1. The lowest BCUT2D eigenvalue weighted by Crippen LogP contribution is -2.52. The number of rotatable bonds is 6. The van der Waals surface area contributed by atoms with E-state index in [0.29, 0.717) is 19.6 Å². The largest absolute Gasteiger partial charge is 0.497 e. The van der Waals surface area contributed by atoms with Gasteiger partial charge in [0.25, 0.3) is 0 Å². The van der Waals surface area contributed by atoms with Gasteiger partial charge in [-0.1, -0.05) is 6.07 Å². The van der Waals surface area contributed by atoms with Gasteiger partial charge < -0.3 is 19.9 Å². The van der Waals surface area contributed by atoms with E-state index in [1.807, 2.05) is 25.1 Å². The lowest BCUT2D eigenvalue weighted by Gasteiger charge is -2.38. The number of benzene rings is 1. The topological polar surface area (TPSA) is 43.3 Å². The van der Waals surface area contributed by atoms with E-state index >= 15 is 0 Å².